The molecule has 0 spiro atoms. The Bertz CT molecular complexity index is 1590. The predicted octanol–water partition coefficient (Wildman–Crippen LogP) is 4.15. The first kappa shape index (κ1) is 23.3. The molecule has 0 aliphatic rings. The Kier molecular flexibility index (Phi) is 6.06. The van der Waals surface area contributed by atoms with E-state index in [2.05, 4.69) is 10.9 Å². The number of fused-ring (bicyclic) bond motifs is 1. The lowest BCUT2D eigenvalue weighted by Crippen LogP contribution is -2.09. The standard InChI is InChI=1S/C22H19N3O7S2/c23-20-9-8-16(12-21(20)32-17-4-2-1-3-5-17)25-24-15-7-6-14-10-18(33(26,27)28)13-22(19(14)11-15)34(29,30)31/h1-13,24-25H,23H2,(H,26,27,28)(H,29,30,31). The molecule has 0 fully saturated rings. The van der Waals surface area contributed by atoms with Crippen LogP contribution in [0.3, 0.4) is 0 Å². The number of hydrazine groups is 1. The summed E-state index contributed by atoms with van der Waals surface area (Å²) in [4.78, 5) is -1.31. The van der Waals surface area contributed by atoms with E-state index in [-0.39, 0.29) is 10.8 Å². The molecule has 176 valence electrons. The SMILES string of the molecule is Nc1ccc(NNc2ccc3cc(S(=O)(=O)O)cc(S(=O)(=O)O)c3c2)cc1Oc1ccccc1. The summed E-state index contributed by atoms with van der Waals surface area (Å²) in [6.45, 7) is 0. The van der Waals surface area contributed by atoms with E-state index in [9.17, 15) is 25.9 Å². The minimum atomic E-state index is -4.79. The molecule has 0 unspecified atom stereocenters. The first-order chi connectivity index (χ1) is 16.0. The second-order valence-corrected chi connectivity index (χ2v) is 10.0. The number of para-hydroxylation sites is 1. The van der Waals surface area contributed by atoms with Crippen molar-refractivity contribution in [3.8, 4) is 11.5 Å². The van der Waals surface area contributed by atoms with Gasteiger partial charge in [0.15, 0.2) is 5.75 Å². The van der Waals surface area contributed by atoms with E-state index < -0.39 is 30.0 Å². The van der Waals surface area contributed by atoms with Gasteiger partial charge < -0.3 is 21.3 Å². The average Bonchev–Trinajstić information content (AvgIpc) is 2.78. The molecule has 0 aliphatic heterocycles. The van der Waals surface area contributed by atoms with Crippen LogP contribution in [0.25, 0.3) is 10.8 Å². The van der Waals surface area contributed by atoms with E-state index in [4.69, 9.17) is 10.5 Å². The number of hydrogen-bond donors (Lipinski definition) is 5. The van der Waals surface area contributed by atoms with Crippen LogP contribution >= 0.6 is 0 Å². The van der Waals surface area contributed by atoms with Crippen LogP contribution in [0.5, 0.6) is 11.5 Å². The van der Waals surface area contributed by atoms with E-state index >= 15 is 0 Å². The minimum Gasteiger partial charge on any atom is -0.455 e. The Labute approximate surface area is 195 Å². The van der Waals surface area contributed by atoms with Crippen molar-refractivity contribution >= 4 is 48.1 Å². The highest BCUT2D eigenvalue weighted by atomic mass is 32.2. The van der Waals surface area contributed by atoms with Gasteiger partial charge in [-0.1, -0.05) is 24.3 Å². The molecule has 10 nitrogen and oxygen atoms in total. The summed E-state index contributed by atoms with van der Waals surface area (Å²) >= 11 is 0. The number of ether oxygens (including phenoxy) is 1. The Morgan fingerprint density at radius 3 is 2.03 bits per heavy atom. The van der Waals surface area contributed by atoms with Gasteiger partial charge in [0.2, 0.25) is 0 Å². The number of benzene rings is 4. The molecule has 0 amide bonds. The van der Waals surface area contributed by atoms with Crippen LogP contribution in [0.2, 0.25) is 0 Å². The normalized spacial score (nSPS) is 11.8. The summed E-state index contributed by atoms with van der Waals surface area (Å²) in [6.07, 6.45) is 0. The van der Waals surface area contributed by atoms with Gasteiger partial charge in [0.05, 0.1) is 22.0 Å². The maximum atomic E-state index is 11.9. The van der Waals surface area contributed by atoms with Crippen LogP contribution in [-0.4, -0.2) is 25.9 Å². The molecule has 4 aromatic rings. The van der Waals surface area contributed by atoms with E-state index in [0.29, 0.717) is 34.6 Å². The highest BCUT2D eigenvalue weighted by Gasteiger charge is 2.20. The molecule has 0 radical (unpaired) electrons. The fourth-order valence-corrected chi connectivity index (χ4v) is 4.55. The third-order valence-electron chi connectivity index (χ3n) is 4.80. The van der Waals surface area contributed by atoms with Crippen molar-refractivity contribution in [2.45, 2.75) is 9.79 Å². The molecule has 4 aromatic carbocycles. The summed E-state index contributed by atoms with van der Waals surface area (Å²) in [5, 5.41) is 0.228. The zero-order valence-corrected chi connectivity index (χ0v) is 19.0. The van der Waals surface area contributed by atoms with Gasteiger partial charge in [-0.3, -0.25) is 9.11 Å². The molecule has 34 heavy (non-hydrogen) atoms. The van der Waals surface area contributed by atoms with E-state index in [1.807, 2.05) is 18.2 Å². The molecule has 12 heteroatoms. The fourth-order valence-electron chi connectivity index (χ4n) is 3.20. The molecule has 0 heterocycles. The minimum absolute atomic E-state index is 0.0482. The van der Waals surface area contributed by atoms with Crippen molar-refractivity contribution in [2.75, 3.05) is 16.6 Å². The van der Waals surface area contributed by atoms with Crippen LogP contribution in [0.15, 0.2) is 88.7 Å². The lowest BCUT2D eigenvalue weighted by Gasteiger charge is -2.14. The predicted molar refractivity (Wildman–Crippen MR) is 128 cm³/mol. The molecule has 0 bridgehead atoms. The Balaban J connectivity index is 1.63. The molecule has 6 N–H and O–H groups in total. The third-order valence-corrected chi connectivity index (χ3v) is 6.53. The van der Waals surface area contributed by atoms with Crippen LogP contribution in [0.1, 0.15) is 0 Å². The van der Waals surface area contributed by atoms with Gasteiger partial charge in [0.1, 0.15) is 10.6 Å². The summed E-state index contributed by atoms with van der Waals surface area (Å²) in [7, 11) is -9.48. The molecular formula is C22H19N3O7S2. The molecule has 0 aliphatic carbocycles. The summed E-state index contributed by atoms with van der Waals surface area (Å²) in [6, 6.07) is 20.3. The number of rotatable bonds is 7. The molecule has 4 rings (SSSR count). The molecule has 0 saturated heterocycles. The first-order valence-electron chi connectivity index (χ1n) is 9.68. The van der Waals surface area contributed by atoms with Gasteiger partial charge in [-0.15, -0.1) is 0 Å². The highest BCUT2D eigenvalue weighted by molar-refractivity contribution is 7.86. The van der Waals surface area contributed by atoms with Crippen LogP contribution < -0.4 is 21.3 Å². The zero-order valence-electron chi connectivity index (χ0n) is 17.3. The van der Waals surface area contributed by atoms with Crippen molar-refractivity contribution in [3.63, 3.8) is 0 Å². The summed E-state index contributed by atoms with van der Waals surface area (Å²) < 4.78 is 71.4. The second kappa shape index (κ2) is 8.83. The van der Waals surface area contributed by atoms with Crippen molar-refractivity contribution in [1.82, 2.24) is 0 Å². The Morgan fingerprint density at radius 1 is 0.735 bits per heavy atom. The maximum Gasteiger partial charge on any atom is 0.295 e. The Hall–Kier alpha value is -3.84. The number of nitrogens with two attached hydrogens (primary N) is 1. The summed E-state index contributed by atoms with van der Waals surface area (Å²) in [5.41, 5.74) is 13.2. The van der Waals surface area contributed by atoms with Crippen molar-refractivity contribution in [1.29, 1.82) is 0 Å². The van der Waals surface area contributed by atoms with E-state index in [1.165, 1.54) is 12.1 Å². The summed E-state index contributed by atoms with van der Waals surface area (Å²) in [5.74, 6) is 1.03. The average molecular weight is 502 g/mol. The van der Waals surface area contributed by atoms with Crippen molar-refractivity contribution < 1.29 is 30.7 Å². The number of anilines is 3. The topological polar surface area (TPSA) is 168 Å². The maximum absolute atomic E-state index is 11.9. The largest absolute Gasteiger partial charge is 0.455 e. The van der Waals surface area contributed by atoms with Gasteiger partial charge in [-0.2, -0.15) is 16.8 Å². The van der Waals surface area contributed by atoms with E-state index in [0.717, 1.165) is 6.07 Å². The van der Waals surface area contributed by atoms with Gasteiger partial charge in [0, 0.05) is 11.5 Å². The first-order valence-corrected chi connectivity index (χ1v) is 12.6. The fraction of sp³-hybridized carbons (Fsp3) is 0. The smallest absolute Gasteiger partial charge is 0.295 e. The van der Waals surface area contributed by atoms with Gasteiger partial charge in [-0.25, -0.2) is 0 Å². The van der Waals surface area contributed by atoms with Crippen molar-refractivity contribution in [3.05, 3.63) is 78.9 Å². The van der Waals surface area contributed by atoms with Crippen molar-refractivity contribution in [2.24, 2.45) is 0 Å². The molecular weight excluding hydrogens is 482 g/mol. The number of nitrogen functional groups attached to an aromatic ring is 1. The molecule has 0 atom stereocenters. The van der Waals surface area contributed by atoms with Crippen LogP contribution in [0, 0.1) is 0 Å². The lowest BCUT2D eigenvalue weighted by molar-refractivity contribution is 0.481. The van der Waals surface area contributed by atoms with Gasteiger partial charge >= 0.3 is 0 Å². The van der Waals surface area contributed by atoms with Crippen LogP contribution in [-0.2, 0) is 20.2 Å². The monoisotopic (exact) mass is 501 g/mol. The number of nitrogens with one attached hydrogen (secondary N) is 2. The number of hydrogen-bond acceptors (Lipinski definition) is 8. The molecule has 0 aromatic heterocycles. The quantitative estimate of drug-likeness (QED) is 0.141. The highest BCUT2D eigenvalue weighted by Crippen LogP contribution is 2.32. The molecule has 0 saturated carbocycles. The Morgan fingerprint density at radius 2 is 1.38 bits per heavy atom. The lowest BCUT2D eigenvalue weighted by atomic mass is 10.1. The van der Waals surface area contributed by atoms with Gasteiger partial charge in [-0.05, 0) is 53.9 Å². The third kappa shape index (κ3) is 5.21. The van der Waals surface area contributed by atoms with Gasteiger partial charge in [0.25, 0.3) is 20.2 Å². The second-order valence-electron chi connectivity index (χ2n) is 7.23. The van der Waals surface area contributed by atoms with Crippen LogP contribution in [0.4, 0.5) is 17.1 Å². The van der Waals surface area contributed by atoms with E-state index in [1.54, 1.807) is 36.4 Å². The zero-order chi connectivity index (χ0) is 24.5.